The number of ether oxygens (including phenoxy) is 3. The Balaban J connectivity index is 1.88. The highest BCUT2D eigenvalue weighted by Gasteiger charge is 2.23. The van der Waals surface area contributed by atoms with E-state index in [4.69, 9.17) is 9.47 Å². The van der Waals surface area contributed by atoms with Crippen LogP contribution in [-0.4, -0.2) is 32.6 Å². The summed E-state index contributed by atoms with van der Waals surface area (Å²) in [6.07, 6.45) is 1.76. The van der Waals surface area contributed by atoms with Crippen LogP contribution in [0.15, 0.2) is 48.0 Å². The van der Waals surface area contributed by atoms with Gasteiger partial charge in [0, 0.05) is 5.57 Å². The van der Waals surface area contributed by atoms with Gasteiger partial charge in [0.15, 0.2) is 5.78 Å². The third-order valence-electron chi connectivity index (χ3n) is 3.78. The van der Waals surface area contributed by atoms with Crippen molar-refractivity contribution in [3.05, 3.63) is 64.7 Å². The molecule has 0 spiro atoms. The zero-order valence-electron chi connectivity index (χ0n) is 13.4. The minimum Gasteiger partial charge on any atom is -0.497 e. The summed E-state index contributed by atoms with van der Waals surface area (Å²) in [6.45, 7) is 0.205. The normalized spacial score (nSPS) is 14.8. The van der Waals surface area contributed by atoms with E-state index in [1.165, 1.54) is 7.11 Å². The number of esters is 1. The molecule has 1 heterocycles. The summed E-state index contributed by atoms with van der Waals surface area (Å²) in [4.78, 5) is 24.1. The van der Waals surface area contributed by atoms with Gasteiger partial charge in [-0.2, -0.15) is 0 Å². The average Bonchev–Trinajstić information content (AvgIpc) is 2.63. The zero-order chi connectivity index (χ0) is 17.1. The second-order valence-electron chi connectivity index (χ2n) is 5.26. The lowest BCUT2D eigenvalue weighted by atomic mass is 9.98. The Kier molecular flexibility index (Phi) is 4.33. The quantitative estimate of drug-likeness (QED) is 0.641. The van der Waals surface area contributed by atoms with Crippen molar-refractivity contribution >= 4 is 17.8 Å². The number of Topliss-reactive ketones (excluding diaryl/α,β-unsaturated/α-hetero) is 1. The lowest BCUT2D eigenvalue weighted by Gasteiger charge is -2.19. The maximum Gasteiger partial charge on any atom is 0.337 e. The minimum atomic E-state index is -0.396. The maximum atomic E-state index is 12.6. The maximum absolute atomic E-state index is 12.6. The van der Waals surface area contributed by atoms with Crippen molar-refractivity contribution in [2.45, 2.75) is 0 Å². The van der Waals surface area contributed by atoms with Crippen molar-refractivity contribution in [3.63, 3.8) is 0 Å². The Labute approximate surface area is 139 Å². The third-order valence-corrected chi connectivity index (χ3v) is 3.78. The molecule has 0 bridgehead atoms. The van der Waals surface area contributed by atoms with Crippen molar-refractivity contribution in [1.82, 2.24) is 0 Å². The second-order valence-corrected chi connectivity index (χ2v) is 5.26. The first kappa shape index (κ1) is 15.8. The van der Waals surface area contributed by atoms with Crippen LogP contribution in [0.2, 0.25) is 0 Å². The van der Waals surface area contributed by atoms with E-state index in [0.717, 1.165) is 5.56 Å². The predicted octanol–water partition coefficient (Wildman–Crippen LogP) is 3.14. The lowest BCUT2D eigenvalue weighted by Crippen LogP contribution is -2.19. The van der Waals surface area contributed by atoms with Crippen LogP contribution in [0.1, 0.15) is 26.3 Å². The van der Waals surface area contributed by atoms with E-state index in [-0.39, 0.29) is 12.4 Å². The molecular formula is C19H16O5. The standard InChI is InChI=1S/C19H16O5/c1-22-15-7-8-17-16(10-15)18(20)14(11-24-17)9-12-3-5-13(6-4-12)19(21)23-2/h3-10H,11H2,1-2H3/b14-9+. The first-order valence-electron chi connectivity index (χ1n) is 7.37. The van der Waals surface area contributed by atoms with Crippen LogP contribution in [-0.2, 0) is 4.74 Å². The Hall–Kier alpha value is -3.08. The summed E-state index contributed by atoms with van der Waals surface area (Å²) in [6, 6.07) is 12.0. The number of fused-ring (bicyclic) bond motifs is 1. The van der Waals surface area contributed by atoms with Crippen molar-refractivity contribution in [3.8, 4) is 11.5 Å². The van der Waals surface area contributed by atoms with E-state index in [1.54, 1.807) is 55.7 Å². The number of carbonyl (C=O) groups excluding carboxylic acids is 2. The molecule has 1 aliphatic heterocycles. The number of hydrogen-bond acceptors (Lipinski definition) is 5. The van der Waals surface area contributed by atoms with Gasteiger partial charge in [-0.25, -0.2) is 4.79 Å². The summed E-state index contributed by atoms with van der Waals surface area (Å²) in [5.41, 5.74) is 2.29. The monoisotopic (exact) mass is 324 g/mol. The molecule has 0 aliphatic carbocycles. The smallest absolute Gasteiger partial charge is 0.337 e. The van der Waals surface area contributed by atoms with E-state index < -0.39 is 5.97 Å². The summed E-state index contributed by atoms with van der Waals surface area (Å²) in [5.74, 6) is 0.674. The van der Waals surface area contributed by atoms with Gasteiger partial charge in [0.2, 0.25) is 0 Å². The first-order valence-corrected chi connectivity index (χ1v) is 7.37. The Morgan fingerprint density at radius 1 is 1.12 bits per heavy atom. The fourth-order valence-corrected chi connectivity index (χ4v) is 2.48. The molecule has 2 aromatic carbocycles. The number of ketones is 1. The van der Waals surface area contributed by atoms with Crippen LogP contribution in [0.5, 0.6) is 11.5 Å². The molecule has 122 valence electrons. The topological polar surface area (TPSA) is 61.8 Å². The number of rotatable bonds is 3. The van der Waals surface area contributed by atoms with Crippen molar-refractivity contribution in [1.29, 1.82) is 0 Å². The van der Waals surface area contributed by atoms with Crippen molar-refractivity contribution in [2.75, 3.05) is 20.8 Å². The number of hydrogen-bond donors (Lipinski definition) is 0. The predicted molar refractivity (Wildman–Crippen MR) is 88.6 cm³/mol. The van der Waals surface area contributed by atoms with Gasteiger partial charge in [0.25, 0.3) is 0 Å². The van der Waals surface area contributed by atoms with Gasteiger partial charge in [-0.3, -0.25) is 4.79 Å². The van der Waals surface area contributed by atoms with E-state index in [0.29, 0.717) is 28.2 Å². The highest BCUT2D eigenvalue weighted by molar-refractivity contribution is 6.14. The van der Waals surface area contributed by atoms with Gasteiger partial charge in [0.05, 0.1) is 25.3 Å². The summed E-state index contributed by atoms with van der Waals surface area (Å²) >= 11 is 0. The van der Waals surface area contributed by atoms with Gasteiger partial charge < -0.3 is 14.2 Å². The molecule has 24 heavy (non-hydrogen) atoms. The molecule has 0 N–H and O–H groups in total. The van der Waals surface area contributed by atoms with Gasteiger partial charge in [-0.1, -0.05) is 12.1 Å². The average molecular weight is 324 g/mol. The molecule has 3 rings (SSSR count). The molecule has 0 aromatic heterocycles. The van der Waals surface area contributed by atoms with Crippen LogP contribution in [0.25, 0.3) is 6.08 Å². The van der Waals surface area contributed by atoms with E-state index in [9.17, 15) is 9.59 Å². The molecule has 0 atom stereocenters. The molecule has 0 unspecified atom stereocenters. The fraction of sp³-hybridized carbons (Fsp3) is 0.158. The molecule has 5 nitrogen and oxygen atoms in total. The van der Waals surface area contributed by atoms with Gasteiger partial charge in [-0.15, -0.1) is 0 Å². The second kappa shape index (κ2) is 6.58. The molecule has 0 saturated carbocycles. The molecule has 0 radical (unpaired) electrons. The number of methoxy groups -OCH3 is 2. The Bertz CT molecular complexity index is 818. The summed E-state index contributed by atoms with van der Waals surface area (Å²) < 4.78 is 15.5. The van der Waals surface area contributed by atoms with Gasteiger partial charge in [-0.05, 0) is 42.0 Å². The zero-order valence-corrected chi connectivity index (χ0v) is 13.4. The molecule has 1 aliphatic rings. The van der Waals surface area contributed by atoms with E-state index >= 15 is 0 Å². The van der Waals surface area contributed by atoms with Crippen LogP contribution in [0, 0.1) is 0 Å². The Morgan fingerprint density at radius 2 is 1.88 bits per heavy atom. The largest absolute Gasteiger partial charge is 0.497 e. The molecule has 5 heteroatoms. The lowest BCUT2D eigenvalue weighted by molar-refractivity contribution is 0.0600. The molecule has 0 saturated heterocycles. The van der Waals surface area contributed by atoms with E-state index in [2.05, 4.69) is 4.74 Å². The Morgan fingerprint density at radius 3 is 2.54 bits per heavy atom. The first-order chi connectivity index (χ1) is 11.6. The number of benzene rings is 2. The van der Waals surface area contributed by atoms with Crippen LogP contribution < -0.4 is 9.47 Å². The summed E-state index contributed by atoms with van der Waals surface area (Å²) in [5, 5.41) is 0. The fourth-order valence-electron chi connectivity index (χ4n) is 2.48. The van der Waals surface area contributed by atoms with Crippen molar-refractivity contribution in [2.24, 2.45) is 0 Å². The van der Waals surface area contributed by atoms with Gasteiger partial charge in [0.1, 0.15) is 18.1 Å². The molecule has 0 amide bonds. The number of carbonyl (C=O) groups is 2. The molecule has 0 fully saturated rings. The van der Waals surface area contributed by atoms with E-state index in [1.807, 2.05) is 0 Å². The highest BCUT2D eigenvalue weighted by Crippen LogP contribution is 2.31. The summed E-state index contributed by atoms with van der Waals surface area (Å²) in [7, 11) is 2.89. The molecular weight excluding hydrogens is 308 g/mol. The third kappa shape index (κ3) is 3.01. The minimum absolute atomic E-state index is 0.0906. The van der Waals surface area contributed by atoms with Crippen LogP contribution in [0.4, 0.5) is 0 Å². The van der Waals surface area contributed by atoms with Crippen LogP contribution in [0.3, 0.4) is 0 Å². The van der Waals surface area contributed by atoms with Gasteiger partial charge >= 0.3 is 5.97 Å². The highest BCUT2D eigenvalue weighted by atomic mass is 16.5. The van der Waals surface area contributed by atoms with Crippen molar-refractivity contribution < 1.29 is 23.8 Å². The van der Waals surface area contributed by atoms with Crippen LogP contribution >= 0.6 is 0 Å². The molecule has 2 aromatic rings. The SMILES string of the molecule is COC(=O)c1ccc(/C=C2\COc3ccc(OC)cc3C2=O)cc1.